The third-order valence-corrected chi connectivity index (χ3v) is 4.85. The van der Waals surface area contributed by atoms with E-state index in [0.29, 0.717) is 0 Å². The minimum absolute atomic E-state index is 0.203. The molecule has 0 bridgehead atoms. The summed E-state index contributed by atoms with van der Waals surface area (Å²) in [7, 11) is 0. The number of pyridine rings is 1. The maximum absolute atomic E-state index is 13.1. The Kier molecular flexibility index (Phi) is 7.04. The van der Waals surface area contributed by atoms with Crippen LogP contribution in [0.1, 0.15) is 63.3 Å². The maximum Gasteiger partial charge on any atom is 0.194 e. The number of unbranched alkanes of at least 4 members (excludes halogenated alkanes) is 2. The summed E-state index contributed by atoms with van der Waals surface area (Å²) in [6.07, 6.45) is 5.76. The van der Waals surface area contributed by atoms with E-state index in [-0.39, 0.29) is 5.43 Å². The van der Waals surface area contributed by atoms with E-state index in [2.05, 4.69) is 48.9 Å². The zero-order valence-electron chi connectivity index (χ0n) is 15.7. The molecule has 2 aromatic rings. The van der Waals surface area contributed by atoms with Gasteiger partial charge in [0.1, 0.15) is 0 Å². The Hall–Kier alpha value is -1.61. The molecule has 0 radical (unpaired) electrons. The van der Waals surface area contributed by atoms with Gasteiger partial charge in [0.15, 0.2) is 5.43 Å². The van der Waals surface area contributed by atoms with Crippen LogP contribution in [0.25, 0.3) is 10.9 Å². The highest BCUT2D eigenvalue weighted by Crippen LogP contribution is 2.16. The van der Waals surface area contributed by atoms with Crippen LogP contribution in [0, 0.1) is 6.92 Å². The van der Waals surface area contributed by atoms with E-state index >= 15 is 0 Å². The van der Waals surface area contributed by atoms with Gasteiger partial charge in [-0.15, -0.1) is 0 Å². The monoisotopic (exact) mass is 328 g/mol. The molecule has 0 atom stereocenters. The lowest BCUT2D eigenvalue weighted by atomic mass is 10.0. The summed E-state index contributed by atoms with van der Waals surface area (Å²) in [4.78, 5) is 18.9. The Bertz CT molecular complexity index is 718. The number of rotatable bonds is 9. The molecule has 1 heterocycles. The number of hydrogen-bond acceptors (Lipinski definition) is 2. The van der Waals surface area contributed by atoms with Gasteiger partial charge in [-0.2, -0.15) is 0 Å². The van der Waals surface area contributed by atoms with Crippen molar-refractivity contribution < 1.29 is 0 Å². The van der Waals surface area contributed by atoms with Crippen molar-refractivity contribution in [2.45, 2.75) is 66.3 Å². The Morgan fingerprint density at radius 2 is 1.83 bits per heavy atom. The first-order chi connectivity index (χ1) is 11.6. The second-order valence-electron chi connectivity index (χ2n) is 6.76. The second kappa shape index (κ2) is 9.03. The van der Waals surface area contributed by atoms with Crippen LogP contribution in [0.3, 0.4) is 0 Å². The lowest BCUT2D eigenvalue weighted by Gasteiger charge is -2.21. The Balaban J connectivity index is 2.37. The molecule has 0 saturated heterocycles. The fraction of sp³-hybridized carbons (Fsp3) is 0.571. The van der Waals surface area contributed by atoms with Crippen LogP contribution in [-0.4, -0.2) is 23.0 Å². The molecule has 2 rings (SSSR count). The molecule has 0 fully saturated rings. The first kappa shape index (κ1) is 18.7. The maximum atomic E-state index is 13.1. The molecular weight excluding hydrogens is 296 g/mol. The van der Waals surface area contributed by atoms with Gasteiger partial charge in [-0.05, 0) is 57.0 Å². The van der Waals surface area contributed by atoms with Gasteiger partial charge in [-0.1, -0.05) is 39.7 Å². The largest absolute Gasteiger partial charge is 0.358 e. The molecule has 0 aliphatic rings. The SMILES string of the molecule is CCCCc1ccc2[nH]c(C)c(CN(CC)CCCC)c(=O)c2c1. The lowest BCUT2D eigenvalue weighted by molar-refractivity contribution is 0.274. The molecule has 0 spiro atoms. The molecule has 3 nitrogen and oxygen atoms in total. The van der Waals surface area contributed by atoms with Crippen molar-refractivity contribution in [2.24, 2.45) is 0 Å². The number of aromatic nitrogens is 1. The smallest absolute Gasteiger partial charge is 0.194 e. The minimum atomic E-state index is 0.203. The first-order valence-electron chi connectivity index (χ1n) is 9.47. The molecular formula is C21H32N2O. The van der Waals surface area contributed by atoms with E-state index in [1.807, 2.05) is 6.92 Å². The molecule has 0 aliphatic heterocycles. The van der Waals surface area contributed by atoms with E-state index in [9.17, 15) is 4.79 Å². The minimum Gasteiger partial charge on any atom is -0.358 e. The molecule has 0 unspecified atom stereocenters. The number of nitrogens with one attached hydrogen (secondary N) is 1. The molecule has 1 aromatic carbocycles. The van der Waals surface area contributed by atoms with E-state index in [4.69, 9.17) is 0 Å². The van der Waals surface area contributed by atoms with Gasteiger partial charge in [0.2, 0.25) is 0 Å². The molecule has 1 aromatic heterocycles. The summed E-state index contributed by atoms with van der Waals surface area (Å²) < 4.78 is 0. The highest BCUT2D eigenvalue weighted by Gasteiger charge is 2.13. The molecule has 0 saturated carbocycles. The topological polar surface area (TPSA) is 36.1 Å². The van der Waals surface area contributed by atoms with Crippen LogP contribution in [0.5, 0.6) is 0 Å². The van der Waals surface area contributed by atoms with E-state index in [1.54, 1.807) is 0 Å². The van der Waals surface area contributed by atoms with Gasteiger partial charge in [0.05, 0.1) is 0 Å². The number of benzene rings is 1. The summed E-state index contributed by atoms with van der Waals surface area (Å²) in [5, 5.41) is 0.843. The van der Waals surface area contributed by atoms with Crippen molar-refractivity contribution in [2.75, 3.05) is 13.1 Å². The van der Waals surface area contributed by atoms with Gasteiger partial charge >= 0.3 is 0 Å². The van der Waals surface area contributed by atoms with E-state index < -0.39 is 0 Å². The van der Waals surface area contributed by atoms with Crippen molar-refractivity contribution in [3.8, 4) is 0 Å². The number of aryl methyl sites for hydroxylation is 2. The van der Waals surface area contributed by atoms with Gasteiger partial charge in [-0.25, -0.2) is 0 Å². The zero-order valence-corrected chi connectivity index (χ0v) is 15.7. The number of nitrogens with zero attached hydrogens (tertiary/aromatic N) is 1. The van der Waals surface area contributed by atoms with Crippen molar-refractivity contribution in [3.05, 3.63) is 45.2 Å². The predicted molar refractivity (Wildman–Crippen MR) is 104 cm³/mol. The van der Waals surface area contributed by atoms with Crippen LogP contribution in [-0.2, 0) is 13.0 Å². The van der Waals surface area contributed by atoms with Crippen LogP contribution in [0.15, 0.2) is 23.0 Å². The third-order valence-electron chi connectivity index (χ3n) is 4.85. The summed E-state index contributed by atoms with van der Waals surface area (Å²) in [6.45, 7) is 11.4. The van der Waals surface area contributed by atoms with Crippen molar-refractivity contribution >= 4 is 10.9 Å². The normalized spacial score (nSPS) is 11.5. The van der Waals surface area contributed by atoms with E-state index in [1.165, 1.54) is 31.2 Å². The predicted octanol–water partition coefficient (Wildman–Crippen LogP) is 4.80. The molecule has 24 heavy (non-hydrogen) atoms. The summed E-state index contributed by atoms with van der Waals surface area (Å²) in [5.41, 5.74) is 4.35. The molecule has 132 valence electrons. The number of aromatic amines is 1. The third kappa shape index (κ3) is 4.47. The van der Waals surface area contributed by atoms with Crippen LogP contribution < -0.4 is 5.43 Å². The second-order valence-corrected chi connectivity index (χ2v) is 6.76. The molecule has 0 amide bonds. The lowest BCUT2D eigenvalue weighted by Crippen LogP contribution is -2.28. The van der Waals surface area contributed by atoms with Crippen LogP contribution >= 0.6 is 0 Å². The quantitative estimate of drug-likeness (QED) is 0.717. The van der Waals surface area contributed by atoms with Crippen molar-refractivity contribution in [1.82, 2.24) is 9.88 Å². The highest BCUT2D eigenvalue weighted by molar-refractivity contribution is 5.80. The average molecular weight is 329 g/mol. The standard InChI is InChI=1S/C21H32N2O/c1-5-8-10-17-11-12-20-18(14-17)21(24)19(16(4)22-20)15-23(7-3)13-9-6-2/h11-12,14H,5-10,13,15H2,1-4H3,(H,22,24). The molecule has 1 N–H and O–H groups in total. The van der Waals surface area contributed by atoms with Crippen LogP contribution in [0.2, 0.25) is 0 Å². The zero-order chi connectivity index (χ0) is 17.5. The highest BCUT2D eigenvalue weighted by atomic mass is 16.1. The first-order valence-corrected chi connectivity index (χ1v) is 9.47. The Morgan fingerprint density at radius 1 is 1.08 bits per heavy atom. The number of H-pyrrole nitrogens is 1. The molecule has 3 heteroatoms. The molecule has 0 aliphatic carbocycles. The number of hydrogen-bond donors (Lipinski definition) is 1. The van der Waals surface area contributed by atoms with Gasteiger partial charge in [0, 0.05) is 28.7 Å². The fourth-order valence-corrected chi connectivity index (χ4v) is 3.18. The number of fused-ring (bicyclic) bond motifs is 1. The average Bonchev–Trinajstić information content (AvgIpc) is 2.59. The van der Waals surface area contributed by atoms with Gasteiger partial charge in [0.25, 0.3) is 0 Å². The Morgan fingerprint density at radius 3 is 2.50 bits per heavy atom. The van der Waals surface area contributed by atoms with E-state index in [0.717, 1.165) is 48.2 Å². The summed E-state index contributed by atoms with van der Waals surface area (Å²) in [5.74, 6) is 0. The summed E-state index contributed by atoms with van der Waals surface area (Å²) in [6, 6.07) is 6.30. The van der Waals surface area contributed by atoms with Gasteiger partial charge in [-0.3, -0.25) is 9.69 Å². The Labute approximate surface area is 146 Å². The summed E-state index contributed by atoms with van der Waals surface area (Å²) >= 11 is 0. The fourth-order valence-electron chi connectivity index (χ4n) is 3.18. The van der Waals surface area contributed by atoms with Gasteiger partial charge < -0.3 is 4.98 Å². The van der Waals surface area contributed by atoms with Crippen molar-refractivity contribution in [3.63, 3.8) is 0 Å². The van der Waals surface area contributed by atoms with Crippen LogP contribution in [0.4, 0.5) is 0 Å². The van der Waals surface area contributed by atoms with Crippen molar-refractivity contribution in [1.29, 1.82) is 0 Å².